The second-order valence-corrected chi connectivity index (χ2v) is 12.3. The van der Waals surface area contributed by atoms with Crippen molar-refractivity contribution in [3.63, 3.8) is 0 Å². The maximum atomic E-state index is 10.3. The molecule has 7 nitrogen and oxygen atoms in total. The fourth-order valence-corrected chi connectivity index (χ4v) is 6.30. The Kier molecular flexibility index (Phi) is 10.2. The highest BCUT2D eigenvalue weighted by molar-refractivity contribution is 5.74. The number of aliphatic hydroxyl groups excluding tert-OH is 1. The molecule has 2 aromatic rings. The van der Waals surface area contributed by atoms with E-state index in [0.717, 1.165) is 83.8 Å². The van der Waals surface area contributed by atoms with Gasteiger partial charge in [0.15, 0.2) is 25.1 Å². The van der Waals surface area contributed by atoms with E-state index in [1.54, 1.807) is 14.2 Å². The van der Waals surface area contributed by atoms with Gasteiger partial charge < -0.3 is 33.5 Å². The summed E-state index contributed by atoms with van der Waals surface area (Å²) < 4.78 is 35.6. The Morgan fingerprint density at radius 1 is 1.09 bits per heavy atom. The fourth-order valence-electron chi connectivity index (χ4n) is 6.30. The Bertz CT molecular complexity index is 1370. The number of allylic oxidation sites excluding steroid dienone is 3. The largest absolute Gasteiger partial charge is 0.493 e. The van der Waals surface area contributed by atoms with E-state index in [4.69, 9.17) is 28.4 Å². The van der Waals surface area contributed by atoms with Gasteiger partial charge in [0.25, 0.3) is 0 Å². The molecule has 3 atom stereocenters. The molecule has 5 rings (SSSR count). The SMILES string of the molecule is COCOc1cc(/C=C/c2cc3c(c(OC)c2)O[C@]2(C)CC[C@@H](O)C[C@H]2C3)cc2c1C/C=C(/CCC=C(C)C)COCO2. The van der Waals surface area contributed by atoms with Crippen LogP contribution in [0.4, 0.5) is 0 Å². The van der Waals surface area contributed by atoms with E-state index in [2.05, 4.69) is 51.1 Å². The van der Waals surface area contributed by atoms with Gasteiger partial charge in [-0.25, -0.2) is 0 Å². The molecule has 1 aliphatic carbocycles. The van der Waals surface area contributed by atoms with Crippen molar-refractivity contribution >= 4 is 12.2 Å². The highest BCUT2D eigenvalue weighted by atomic mass is 16.7. The van der Waals surface area contributed by atoms with Gasteiger partial charge in [-0.3, -0.25) is 0 Å². The van der Waals surface area contributed by atoms with E-state index >= 15 is 0 Å². The Balaban J connectivity index is 1.42. The number of rotatable bonds is 9. The lowest BCUT2D eigenvalue weighted by Crippen LogP contribution is -2.49. The topological polar surface area (TPSA) is 75.6 Å². The van der Waals surface area contributed by atoms with Crippen LogP contribution in [0.5, 0.6) is 23.0 Å². The van der Waals surface area contributed by atoms with Gasteiger partial charge >= 0.3 is 0 Å². The smallest absolute Gasteiger partial charge is 0.189 e. The number of hydrogen-bond donors (Lipinski definition) is 1. The summed E-state index contributed by atoms with van der Waals surface area (Å²) in [6, 6.07) is 8.24. The van der Waals surface area contributed by atoms with Crippen LogP contribution in [0.15, 0.2) is 47.6 Å². The van der Waals surface area contributed by atoms with Crippen molar-refractivity contribution in [3.05, 3.63) is 69.8 Å². The first kappa shape index (κ1) is 31.2. The molecule has 43 heavy (non-hydrogen) atoms. The van der Waals surface area contributed by atoms with Gasteiger partial charge in [0.05, 0.1) is 19.8 Å². The summed E-state index contributed by atoms with van der Waals surface area (Å²) in [5.41, 5.74) is 6.34. The molecule has 0 unspecified atom stereocenters. The number of benzene rings is 2. The molecule has 0 saturated heterocycles. The molecule has 1 fully saturated rings. The molecule has 0 bridgehead atoms. The minimum Gasteiger partial charge on any atom is -0.493 e. The molecule has 2 aliphatic heterocycles. The molecular formula is C36H46O7. The van der Waals surface area contributed by atoms with E-state index in [9.17, 15) is 5.11 Å². The Morgan fingerprint density at radius 3 is 2.65 bits per heavy atom. The quantitative estimate of drug-likeness (QED) is 0.187. The second-order valence-electron chi connectivity index (χ2n) is 12.3. The number of fused-ring (bicyclic) bond motifs is 3. The molecule has 1 saturated carbocycles. The highest BCUT2D eigenvalue weighted by Crippen LogP contribution is 2.49. The third-order valence-electron chi connectivity index (χ3n) is 8.76. The van der Waals surface area contributed by atoms with Crippen molar-refractivity contribution in [1.29, 1.82) is 0 Å². The molecule has 0 amide bonds. The zero-order chi connectivity index (χ0) is 30.4. The number of hydrogen-bond acceptors (Lipinski definition) is 7. The Labute approximate surface area is 256 Å². The zero-order valence-corrected chi connectivity index (χ0v) is 26.2. The van der Waals surface area contributed by atoms with Crippen LogP contribution < -0.4 is 18.9 Å². The average molecular weight is 591 g/mol. The standard InChI is InChI=1S/C36H46O7/c1-24(2)7-6-8-25-11-12-31-32(41-22-38-4)16-27(17-33(31)42-23-40-21-25)10-9-26-15-28-19-29-20-30(37)13-14-36(29,3)43-35(28)34(18-26)39-5/h7,9-11,15-18,29-30,37H,6,8,12-14,19-23H2,1-5H3/b10-9+,25-11-/t29-,30-,36-/m1/s1. The maximum Gasteiger partial charge on any atom is 0.189 e. The van der Waals surface area contributed by atoms with Gasteiger partial charge in [-0.1, -0.05) is 29.9 Å². The van der Waals surface area contributed by atoms with Gasteiger partial charge in [0, 0.05) is 18.6 Å². The summed E-state index contributed by atoms with van der Waals surface area (Å²) in [6.45, 7) is 7.27. The van der Waals surface area contributed by atoms with Crippen LogP contribution in [0.2, 0.25) is 0 Å². The van der Waals surface area contributed by atoms with Gasteiger partial charge in [-0.2, -0.15) is 0 Å². The molecule has 0 aromatic heterocycles. The molecule has 2 aromatic carbocycles. The maximum absolute atomic E-state index is 10.3. The van der Waals surface area contributed by atoms with E-state index in [1.807, 2.05) is 18.2 Å². The molecule has 0 radical (unpaired) electrons. The minimum atomic E-state index is -0.277. The van der Waals surface area contributed by atoms with Crippen LogP contribution in [0.25, 0.3) is 12.2 Å². The molecule has 3 aliphatic rings. The summed E-state index contributed by atoms with van der Waals surface area (Å²) in [6.07, 6.45) is 14.2. The second kappa shape index (κ2) is 14.0. The van der Waals surface area contributed by atoms with E-state index in [0.29, 0.717) is 13.0 Å². The zero-order valence-electron chi connectivity index (χ0n) is 26.2. The third-order valence-corrected chi connectivity index (χ3v) is 8.76. The van der Waals surface area contributed by atoms with Crippen molar-refractivity contribution in [3.8, 4) is 23.0 Å². The average Bonchev–Trinajstić information content (AvgIpc) is 3.08. The predicted molar refractivity (Wildman–Crippen MR) is 169 cm³/mol. The molecule has 7 heteroatoms. The van der Waals surface area contributed by atoms with E-state index < -0.39 is 0 Å². The first-order chi connectivity index (χ1) is 20.8. The van der Waals surface area contributed by atoms with Crippen molar-refractivity contribution in [1.82, 2.24) is 0 Å². The van der Waals surface area contributed by atoms with Gasteiger partial charge in [0.1, 0.15) is 17.1 Å². The summed E-state index contributed by atoms with van der Waals surface area (Å²) >= 11 is 0. The first-order valence-corrected chi connectivity index (χ1v) is 15.3. The van der Waals surface area contributed by atoms with Crippen molar-refractivity contribution < 1.29 is 33.5 Å². The summed E-state index contributed by atoms with van der Waals surface area (Å²) in [7, 11) is 3.30. The lowest BCUT2D eigenvalue weighted by molar-refractivity contribution is -0.0603. The van der Waals surface area contributed by atoms with Crippen LogP contribution in [0, 0.1) is 5.92 Å². The van der Waals surface area contributed by atoms with Crippen molar-refractivity contribution in [2.75, 3.05) is 34.4 Å². The van der Waals surface area contributed by atoms with E-state index in [-0.39, 0.29) is 31.2 Å². The number of ether oxygens (including phenoxy) is 6. The predicted octanol–water partition coefficient (Wildman–Crippen LogP) is 7.28. The van der Waals surface area contributed by atoms with Gasteiger partial charge in [-0.05, 0) is 112 Å². The third kappa shape index (κ3) is 7.64. The van der Waals surface area contributed by atoms with Crippen molar-refractivity contribution in [2.45, 2.75) is 77.4 Å². The van der Waals surface area contributed by atoms with E-state index in [1.165, 1.54) is 11.1 Å². The normalized spacial score (nSPS) is 24.5. The molecule has 1 N–H and O–H groups in total. The van der Waals surface area contributed by atoms with Gasteiger partial charge in [0.2, 0.25) is 0 Å². The lowest BCUT2D eigenvalue weighted by atomic mass is 9.71. The Hall–Kier alpha value is -3.26. The highest BCUT2D eigenvalue weighted by Gasteiger charge is 2.45. The van der Waals surface area contributed by atoms with Crippen LogP contribution in [0.3, 0.4) is 0 Å². The van der Waals surface area contributed by atoms with Crippen LogP contribution in [-0.2, 0) is 22.3 Å². The Morgan fingerprint density at radius 2 is 1.88 bits per heavy atom. The van der Waals surface area contributed by atoms with Crippen molar-refractivity contribution in [2.24, 2.45) is 5.92 Å². The van der Waals surface area contributed by atoms with Crippen LogP contribution >= 0.6 is 0 Å². The van der Waals surface area contributed by atoms with Gasteiger partial charge in [-0.15, -0.1) is 0 Å². The molecule has 2 heterocycles. The summed E-state index contributed by atoms with van der Waals surface area (Å²) in [4.78, 5) is 0. The molecular weight excluding hydrogens is 544 g/mol. The summed E-state index contributed by atoms with van der Waals surface area (Å²) in [5.74, 6) is 3.29. The summed E-state index contributed by atoms with van der Waals surface area (Å²) in [5, 5.41) is 10.3. The monoisotopic (exact) mass is 590 g/mol. The lowest BCUT2D eigenvalue weighted by Gasteiger charge is -2.47. The number of aliphatic hydroxyl groups is 1. The minimum absolute atomic E-state index is 0.143. The van der Waals surface area contributed by atoms with Crippen LogP contribution in [-0.4, -0.2) is 51.2 Å². The molecule has 232 valence electrons. The van der Waals surface area contributed by atoms with Crippen LogP contribution in [0.1, 0.15) is 75.1 Å². The molecule has 0 spiro atoms. The fraction of sp³-hybridized carbons (Fsp3) is 0.500. The first-order valence-electron chi connectivity index (χ1n) is 15.3. The number of methoxy groups -OCH3 is 2.